The van der Waals surface area contributed by atoms with E-state index in [9.17, 15) is 0 Å². The van der Waals surface area contributed by atoms with Gasteiger partial charge in [0.2, 0.25) is 0 Å². The number of thiocarbonyl (C=S) groups is 1. The maximum atomic E-state index is 5.86. The largest absolute Gasteiger partial charge is 0.493 e. The highest BCUT2D eigenvalue weighted by molar-refractivity contribution is 9.10. The molecule has 3 nitrogen and oxygen atoms in total. The summed E-state index contributed by atoms with van der Waals surface area (Å²) in [6.07, 6.45) is 0. The molecule has 0 aliphatic carbocycles. The molecule has 0 bridgehead atoms. The Morgan fingerprint density at radius 2 is 1.95 bits per heavy atom. The molecule has 0 saturated heterocycles. The van der Waals surface area contributed by atoms with Crippen molar-refractivity contribution in [3.63, 3.8) is 0 Å². The van der Waals surface area contributed by atoms with E-state index in [1.165, 1.54) is 0 Å². The van der Waals surface area contributed by atoms with E-state index in [1.54, 1.807) is 13.2 Å². The van der Waals surface area contributed by atoms with E-state index in [-0.39, 0.29) is 4.99 Å². The fraction of sp³-hybridized carbons (Fsp3) is 0.133. The van der Waals surface area contributed by atoms with Crippen LogP contribution in [-0.2, 0) is 6.61 Å². The summed E-state index contributed by atoms with van der Waals surface area (Å²) in [5, 5.41) is 0.684. The van der Waals surface area contributed by atoms with Crippen LogP contribution < -0.4 is 15.2 Å². The molecule has 2 N–H and O–H groups in total. The number of rotatable bonds is 5. The summed E-state index contributed by atoms with van der Waals surface area (Å²) in [7, 11) is 1.57. The van der Waals surface area contributed by atoms with Crippen LogP contribution in [0.15, 0.2) is 40.9 Å². The first-order valence-electron chi connectivity index (χ1n) is 6.06. The molecule has 0 amide bonds. The summed E-state index contributed by atoms with van der Waals surface area (Å²) in [5.74, 6) is 1.10. The normalized spacial score (nSPS) is 10.2. The second kappa shape index (κ2) is 7.11. The molecule has 0 unspecified atom stereocenters. The zero-order chi connectivity index (χ0) is 15.4. The van der Waals surface area contributed by atoms with E-state index in [0.717, 1.165) is 10.0 Å². The Hall–Kier alpha value is -1.30. The Labute approximate surface area is 142 Å². The Morgan fingerprint density at radius 1 is 1.29 bits per heavy atom. The lowest BCUT2D eigenvalue weighted by molar-refractivity contribution is 0.284. The number of benzene rings is 2. The predicted molar refractivity (Wildman–Crippen MR) is 92.4 cm³/mol. The standard InChI is InChI=1S/C15H13BrClNO2S/c1-19-13-7-10(16)6-12(15(18)21)14(13)20-8-9-2-4-11(17)5-3-9/h2-7H,8H2,1H3,(H2,18,21). The first kappa shape index (κ1) is 16.1. The quantitative estimate of drug-likeness (QED) is 0.777. The van der Waals surface area contributed by atoms with Crippen LogP contribution in [0.1, 0.15) is 11.1 Å². The summed E-state index contributed by atoms with van der Waals surface area (Å²) in [6.45, 7) is 0.366. The lowest BCUT2D eigenvalue weighted by atomic mass is 10.2. The molecule has 0 radical (unpaired) electrons. The Kier molecular flexibility index (Phi) is 5.45. The van der Waals surface area contributed by atoms with E-state index >= 15 is 0 Å². The highest BCUT2D eigenvalue weighted by atomic mass is 79.9. The number of hydrogen-bond acceptors (Lipinski definition) is 3. The van der Waals surface area contributed by atoms with Gasteiger partial charge in [-0.25, -0.2) is 0 Å². The Bertz CT molecular complexity index is 661. The molecule has 2 aromatic carbocycles. The van der Waals surface area contributed by atoms with Crippen molar-refractivity contribution in [2.24, 2.45) is 5.73 Å². The molecule has 21 heavy (non-hydrogen) atoms. The molecule has 110 valence electrons. The summed E-state index contributed by atoms with van der Waals surface area (Å²) < 4.78 is 12.0. The monoisotopic (exact) mass is 385 g/mol. The van der Waals surface area contributed by atoms with E-state index in [0.29, 0.717) is 28.7 Å². The zero-order valence-corrected chi connectivity index (χ0v) is 14.4. The molecule has 0 aliphatic rings. The van der Waals surface area contributed by atoms with Gasteiger partial charge < -0.3 is 15.2 Å². The molecule has 0 saturated carbocycles. The van der Waals surface area contributed by atoms with E-state index in [4.69, 9.17) is 39.0 Å². The van der Waals surface area contributed by atoms with Crippen molar-refractivity contribution < 1.29 is 9.47 Å². The zero-order valence-electron chi connectivity index (χ0n) is 11.2. The highest BCUT2D eigenvalue weighted by Crippen LogP contribution is 2.35. The fourth-order valence-corrected chi connectivity index (χ4v) is 2.50. The molecule has 0 atom stereocenters. The van der Waals surface area contributed by atoms with Gasteiger partial charge in [0, 0.05) is 9.50 Å². The number of ether oxygens (including phenoxy) is 2. The summed E-state index contributed by atoms with van der Waals surface area (Å²) in [5.41, 5.74) is 7.37. The molecule has 0 spiro atoms. The molecule has 2 rings (SSSR count). The highest BCUT2D eigenvalue weighted by Gasteiger charge is 2.15. The van der Waals surface area contributed by atoms with Gasteiger partial charge in [-0.1, -0.05) is 51.9 Å². The number of nitrogens with two attached hydrogens (primary N) is 1. The van der Waals surface area contributed by atoms with Gasteiger partial charge in [-0.3, -0.25) is 0 Å². The number of hydrogen-bond donors (Lipinski definition) is 1. The van der Waals surface area contributed by atoms with Gasteiger partial charge in [0.15, 0.2) is 11.5 Å². The lowest BCUT2D eigenvalue weighted by Crippen LogP contribution is -2.12. The average Bonchev–Trinajstić information content (AvgIpc) is 2.46. The topological polar surface area (TPSA) is 44.5 Å². The van der Waals surface area contributed by atoms with Crippen molar-refractivity contribution in [1.82, 2.24) is 0 Å². The molecule has 0 fully saturated rings. The maximum absolute atomic E-state index is 5.86. The van der Waals surface area contributed by atoms with E-state index in [1.807, 2.05) is 30.3 Å². The van der Waals surface area contributed by atoms with Gasteiger partial charge in [-0.05, 0) is 29.8 Å². The first-order valence-corrected chi connectivity index (χ1v) is 7.63. The number of halogens is 2. The van der Waals surface area contributed by atoms with Gasteiger partial charge in [-0.2, -0.15) is 0 Å². The lowest BCUT2D eigenvalue weighted by Gasteiger charge is -2.15. The molecule has 0 aliphatic heterocycles. The van der Waals surface area contributed by atoms with Crippen molar-refractivity contribution in [2.75, 3.05) is 7.11 Å². The molecule has 2 aromatic rings. The molecular weight excluding hydrogens is 374 g/mol. The minimum absolute atomic E-state index is 0.251. The molecule has 0 aromatic heterocycles. The Balaban J connectivity index is 2.29. The third-order valence-electron chi connectivity index (χ3n) is 2.80. The minimum Gasteiger partial charge on any atom is -0.493 e. The summed E-state index contributed by atoms with van der Waals surface area (Å²) in [6, 6.07) is 11.0. The van der Waals surface area contributed by atoms with Crippen LogP contribution in [0.3, 0.4) is 0 Å². The maximum Gasteiger partial charge on any atom is 0.171 e. The smallest absolute Gasteiger partial charge is 0.171 e. The average molecular weight is 387 g/mol. The molecular formula is C15H13BrClNO2S. The van der Waals surface area contributed by atoms with Crippen LogP contribution in [0.4, 0.5) is 0 Å². The van der Waals surface area contributed by atoms with Crippen LogP contribution in [0.2, 0.25) is 5.02 Å². The summed E-state index contributed by atoms with van der Waals surface area (Å²) >= 11 is 14.3. The van der Waals surface area contributed by atoms with Crippen LogP contribution in [-0.4, -0.2) is 12.1 Å². The molecule has 0 heterocycles. The Morgan fingerprint density at radius 3 is 2.52 bits per heavy atom. The van der Waals surface area contributed by atoms with Gasteiger partial charge in [0.05, 0.1) is 12.7 Å². The van der Waals surface area contributed by atoms with Crippen molar-refractivity contribution in [2.45, 2.75) is 6.61 Å². The van der Waals surface area contributed by atoms with Crippen molar-refractivity contribution in [3.05, 3.63) is 57.0 Å². The fourth-order valence-electron chi connectivity index (χ4n) is 1.79. The van der Waals surface area contributed by atoms with Crippen molar-refractivity contribution in [3.8, 4) is 11.5 Å². The van der Waals surface area contributed by atoms with Gasteiger partial charge in [0.1, 0.15) is 11.6 Å². The van der Waals surface area contributed by atoms with Crippen LogP contribution in [0.5, 0.6) is 11.5 Å². The third-order valence-corrected chi connectivity index (χ3v) is 3.73. The molecule has 6 heteroatoms. The third kappa shape index (κ3) is 4.09. The van der Waals surface area contributed by atoms with E-state index in [2.05, 4.69) is 15.9 Å². The van der Waals surface area contributed by atoms with Gasteiger partial charge >= 0.3 is 0 Å². The second-order valence-corrected chi connectivity index (χ2v) is 6.06. The van der Waals surface area contributed by atoms with E-state index < -0.39 is 0 Å². The predicted octanol–water partition coefficient (Wildman–Crippen LogP) is 4.32. The van der Waals surface area contributed by atoms with Crippen molar-refractivity contribution in [1.29, 1.82) is 0 Å². The van der Waals surface area contributed by atoms with Gasteiger partial charge in [0.25, 0.3) is 0 Å². The van der Waals surface area contributed by atoms with Gasteiger partial charge in [-0.15, -0.1) is 0 Å². The van der Waals surface area contributed by atoms with Crippen LogP contribution in [0, 0.1) is 0 Å². The SMILES string of the molecule is COc1cc(Br)cc(C(N)=S)c1OCc1ccc(Cl)cc1. The summed E-state index contributed by atoms with van der Waals surface area (Å²) in [4.78, 5) is 0.251. The second-order valence-electron chi connectivity index (χ2n) is 4.26. The minimum atomic E-state index is 0.251. The van der Waals surface area contributed by atoms with Crippen LogP contribution >= 0.6 is 39.7 Å². The number of methoxy groups -OCH3 is 1. The van der Waals surface area contributed by atoms with Crippen molar-refractivity contribution >= 4 is 44.7 Å². The first-order chi connectivity index (χ1) is 10.0. The van der Waals surface area contributed by atoms with Crippen LogP contribution in [0.25, 0.3) is 0 Å².